The van der Waals surface area contributed by atoms with Crippen molar-refractivity contribution < 1.29 is 18.8 Å². The quantitative estimate of drug-likeness (QED) is 0.622. The highest BCUT2D eigenvalue weighted by molar-refractivity contribution is 5.97. The van der Waals surface area contributed by atoms with Crippen LogP contribution in [0.3, 0.4) is 0 Å². The number of nitrogens with one attached hydrogen (secondary N) is 1. The number of halogens is 1. The molecular formula is C24H26FN5O3. The first kappa shape index (κ1) is 22.4. The highest BCUT2D eigenvalue weighted by Gasteiger charge is 2.28. The fourth-order valence-electron chi connectivity index (χ4n) is 4.03. The summed E-state index contributed by atoms with van der Waals surface area (Å²) in [7, 11) is 0. The van der Waals surface area contributed by atoms with Gasteiger partial charge in [0.1, 0.15) is 11.9 Å². The Morgan fingerprint density at radius 1 is 1.06 bits per heavy atom. The molecule has 1 N–H and O–H groups in total. The van der Waals surface area contributed by atoms with E-state index in [4.69, 9.17) is 0 Å². The van der Waals surface area contributed by atoms with Crippen LogP contribution in [0.15, 0.2) is 55.0 Å². The van der Waals surface area contributed by atoms with Gasteiger partial charge in [-0.15, -0.1) is 0 Å². The van der Waals surface area contributed by atoms with E-state index < -0.39 is 17.8 Å². The number of aromatic nitrogens is 2. The van der Waals surface area contributed by atoms with Crippen molar-refractivity contribution in [3.8, 4) is 0 Å². The Balaban J connectivity index is 1.25. The number of aryl methyl sites for hydroxylation is 1. The van der Waals surface area contributed by atoms with Gasteiger partial charge in [0.05, 0.1) is 17.3 Å². The molecule has 3 amide bonds. The number of pyridine rings is 1. The number of fused-ring (bicyclic) bond motifs is 1. The van der Waals surface area contributed by atoms with Crippen LogP contribution in [0.5, 0.6) is 0 Å². The maximum absolute atomic E-state index is 13.8. The van der Waals surface area contributed by atoms with Crippen LogP contribution in [0.2, 0.25) is 0 Å². The maximum Gasteiger partial charge on any atom is 0.254 e. The Morgan fingerprint density at radius 3 is 2.55 bits per heavy atom. The number of benzene rings is 1. The third-order valence-electron chi connectivity index (χ3n) is 5.92. The molecule has 3 heterocycles. The first-order chi connectivity index (χ1) is 15.9. The monoisotopic (exact) mass is 451 g/mol. The van der Waals surface area contributed by atoms with Crippen molar-refractivity contribution in [3.05, 3.63) is 66.4 Å². The molecule has 0 radical (unpaired) electrons. The van der Waals surface area contributed by atoms with E-state index in [1.54, 1.807) is 35.2 Å². The van der Waals surface area contributed by atoms with E-state index in [0.29, 0.717) is 39.1 Å². The number of amides is 3. The molecule has 1 fully saturated rings. The summed E-state index contributed by atoms with van der Waals surface area (Å²) < 4.78 is 15.8. The molecule has 0 spiro atoms. The van der Waals surface area contributed by atoms with E-state index in [1.165, 1.54) is 18.2 Å². The summed E-state index contributed by atoms with van der Waals surface area (Å²) in [4.78, 5) is 45.2. The molecule has 1 atom stereocenters. The van der Waals surface area contributed by atoms with E-state index in [0.717, 1.165) is 10.9 Å². The Labute approximate surface area is 191 Å². The summed E-state index contributed by atoms with van der Waals surface area (Å²) in [5.41, 5.74) is 0.894. The SMILES string of the molecule is CC(NC(=O)c1ccccc1F)C(=O)N1CCN(C(=O)CCn2ccc3ccncc32)CC1. The van der Waals surface area contributed by atoms with Gasteiger partial charge in [0.15, 0.2) is 0 Å². The van der Waals surface area contributed by atoms with Gasteiger partial charge in [0.2, 0.25) is 11.8 Å². The van der Waals surface area contributed by atoms with Crippen LogP contribution in [0.1, 0.15) is 23.7 Å². The molecule has 1 unspecified atom stereocenters. The molecule has 1 aromatic carbocycles. The lowest BCUT2D eigenvalue weighted by Crippen LogP contribution is -2.55. The molecule has 33 heavy (non-hydrogen) atoms. The molecular weight excluding hydrogens is 425 g/mol. The summed E-state index contributed by atoms with van der Waals surface area (Å²) in [5.74, 6) is -1.48. The van der Waals surface area contributed by atoms with Crippen LogP contribution in [0.25, 0.3) is 10.9 Å². The highest BCUT2D eigenvalue weighted by atomic mass is 19.1. The zero-order valence-electron chi connectivity index (χ0n) is 18.4. The maximum atomic E-state index is 13.8. The lowest BCUT2D eigenvalue weighted by atomic mass is 10.1. The van der Waals surface area contributed by atoms with Crippen LogP contribution in [-0.2, 0) is 16.1 Å². The molecule has 9 heteroatoms. The molecule has 1 aliphatic heterocycles. The van der Waals surface area contributed by atoms with Crippen molar-refractivity contribution in [3.63, 3.8) is 0 Å². The van der Waals surface area contributed by atoms with Gasteiger partial charge in [-0.05, 0) is 31.2 Å². The number of carbonyl (C=O) groups is 3. The van der Waals surface area contributed by atoms with Gasteiger partial charge in [-0.2, -0.15) is 0 Å². The van der Waals surface area contributed by atoms with Crippen molar-refractivity contribution in [2.45, 2.75) is 25.9 Å². The van der Waals surface area contributed by atoms with Gasteiger partial charge in [-0.1, -0.05) is 12.1 Å². The summed E-state index contributed by atoms with van der Waals surface area (Å²) in [6.07, 6.45) is 5.84. The van der Waals surface area contributed by atoms with Crippen molar-refractivity contribution >= 4 is 28.6 Å². The Hall–Kier alpha value is -3.75. The predicted molar refractivity (Wildman–Crippen MR) is 121 cm³/mol. The molecule has 8 nitrogen and oxygen atoms in total. The first-order valence-electron chi connectivity index (χ1n) is 10.9. The molecule has 2 aromatic heterocycles. The van der Waals surface area contributed by atoms with Crippen molar-refractivity contribution in [2.75, 3.05) is 26.2 Å². The third kappa shape index (κ3) is 5.02. The van der Waals surface area contributed by atoms with E-state index in [-0.39, 0.29) is 17.4 Å². The fourth-order valence-corrected chi connectivity index (χ4v) is 4.03. The van der Waals surface area contributed by atoms with E-state index in [1.807, 2.05) is 22.9 Å². The average Bonchev–Trinajstić information content (AvgIpc) is 3.25. The largest absolute Gasteiger partial charge is 0.346 e. The van der Waals surface area contributed by atoms with Crippen molar-refractivity contribution in [2.24, 2.45) is 0 Å². The summed E-state index contributed by atoms with van der Waals surface area (Å²) >= 11 is 0. The third-order valence-corrected chi connectivity index (χ3v) is 5.92. The second-order valence-electron chi connectivity index (χ2n) is 8.07. The summed E-state index contributed by atoms with van der Waals surface area (Å²) in [6, 6.07) is 8.78. The molecule has 1 aliphatic rings. The topological polar surface area (TPSA) is 87.5 Å². The molecule has 0 saturated carbocycles. The van der Waals surface area contributed by atoms with Crippen LogP contribution in [-0.4, -0.2) is 69.3 Å². The van der Waals surface area contributed by atoms with Gasteiger partial charge < -0.3 is 19.7 Å². The number of rotatable bonds is 6. The molecule has 3 aromatic rings. The van der Waals surface area contributed by atoms with Crippen LogP contribution >= 0.6 is 0 Å². The van der Waals surface area contributed by atoms with Crippen molar-refractivity contribution in [1.82, 2.24) is 24.7 Å². The zero-order chi connectivity index (χ0) is 23.4. The number of hydrogen-bond acceptors (Lipinski definition) is 4. The number of hydrogen-bond donors (Lipinski definition) is 1. The molecule has 0 bridgehead atoms. The lowest BCUT2D eigenvalue weighted by Gasteiger charge is -2.36. The number of nitrogens with zero attached hydrogens (tertiary/aromatic N) is 4. The standard InChI is InChI=1S/C24H26FN5O3/c1-17(27-23(32)19-4-2-3-5-20(19)25)24(33)30-14-12-29(13-15-30)22(31)8-11-28-10-7-18-6-9-26-16-21(18)28/h2-7,9-10,16-17H,8,11-15H2,1H3,(H,27,32). The normalized spacial score (nSPS) is 14.8. The van der Waals surface area contributed by atoms with E-state index >= 15 is 0 Å². The average molecular weight is 452 g/mol. The van der Waals surface area contributed by atoms with Gasteiger partial charge in [0.25, 0.3) is 5.91 Å². The number of piperazine rings is 1. The Kier molecular flexibility index (Phi) is 6.67. The van der Waals surface area contributed by atoms with Gasteiger partial charge >= 0.3 is 0 Å². The Morgan fingerprint density at radius 2 is 1.79 bits per heavy atom. The van der Waals surface area contributed by atoms with Crippen LogP contribution < -0.4 is 5.32 Å². The van der Waals surface area contributed by atoms with Crippen LogP contribution in [0, 0.1) is 5.82 Å². The second-order valence-corrected chi connectivity index (χ2v) is 8.07. The summed E-state index contributed by atoms with van der Waals surface area (Å²) in [6.45, 7) is 3.79. The van der Waals surface area contributed by atoms with Gasteiger partial charge in [-0.3, -0.25) is 19.4 Å². The smallest absolute Gasteiger partial charge is 0.254 e. The predicted octanol–water partition coefficient (Wildman–Crippen LogP) is 2.05. The van der Waals surface area contributed by atoms with Gasteiger partial charge in [0, 0.05) is 56.9 Å². The van der Waals surface area contributed by atoms with Crippen molar-refractivity contribution in [1.29, 1.82) is 0 Å². The van der Waals surface area contributed by atoms with Crippen LogP contribution in [0.4, 0.5) is 4.39 Å². The minimum Gasteiger partial charge on any atom is -0.346 e. The minimum absolute atomic E-state index is 0.0359. The van der Waals surface area contributed by atoms with E-state index in [2.05, 4.69) is 10.3 Å². The first-order valence-corrected chi connectivity index (χ1v) is 10.9. The van der Waals surface area contributed by atoms with E-state index in [9.17, 15) is 18.8 Å². The zero-order valence-corrected chi connectivity index (χ0v) is 18.4. The highest BCUT2D eigenvalue weighted by Crippen LogP contribution is 2.15. The molecule has 0 aliphatic carbocycles. The Bertz CT molecular complexity index is 1170. The summed E-state index contributed by atoms with van der Waals surface area (Å²) in [5, 5.41) is 3.64. The number of carbonyl (C=O) groups excluding carboxylic acids is 3. The van der Waals surface area contributed by atoms with Gasteiger partial charge in [-0.25, -0.2) is 4.39 Å². The second kappa shape index (κ2) is 9.81. The lowest BCUT2D eigenvalue weighted by molar-refractivity contribution is -0.140. The molecule has 4 rings (SSSR count). The molecule has 172 valence electrons. The fraction of sp³-hybridized carbons (Fsp3) is 0.333. The minimum atomic E-state index is -0.796. The molecule has 1 saturated heterocycles.